The third-order valence-corrected chi connectivity index (χ3v) is 1.57. The first-order valence-corrected chi connectivity index (χ1v) is 3.73. The molecule has 4 nitrogen and oxygen atoms in total. The molecule has 62 valence electrons. The van der Waals surface area contributed by atoms with E-state index < -0.39 is 0 Å². The summed E-state index contributed by atoms with van der Waals surface area (Å²) < 4.78 is 0. The van der Waals surface area contributed by atoms with Gasteiger partial charge in [-0.15, -0.1) is 0 Å². The molecule has 2 N–H and O–H groups in total. The SMILES string of the molecule is CC(C)C(=O)C1NC=NCN1. The Kier molecular flexibility index (Phi) is 2.59. The van der Waals surface area contributed by atoms with Crippen LogP contribution in [0.1, 0.15) is 13.8 Å². The molecule has 0 saturated carbocycles. The predicted molar refractivity (Wildman–Crippen MR) is 43.3 cm³/mol. The molecule has 0 spiro atoms. The van der Waals surface area contributed by atoms with E-state index in [9.17, 15) is 4.79 Å². The molecule has 1 atom stereocenters. The zero-order valence-corrected chi connectivity index (χ0v) is 6.79. The van der Waals surface area contributed by atoms with E-state index >= 15 is 0 Å². The molecule has 0 fully saturated rings. The molecular formula is C7H13N3O. The predicted octanol–water partition coefficient (Wildman–Crippen LogP) is -0.284. The van der Waals surface area contributed by atoms with Crippen molar-refractivity contribution in [1.82, 2.24) is 10.6 Å². The maximum atomic E-state index is 11.3. The highest BCUT2D eigenvalue weighted by Crippen LogP contribution is 1.98. The van der Waals surface area contributed by atoms with E-state index in [0.717, 1.165) is 0 Å². The maximum Gasteiger partial charge on any atom is 0.172 e. The van der Waals surface area contributed by atoms with E-state index in [1.165, 1.54) is 0 Å². The fourth-order valence-corrected chi connectivity index (χ4v) is 0.892. The molecular weight excluding hydrogens is 142 g/mol. The van der Waals surface area contributed by atoms with Gasteiger partial charge < -0.3 is 5.32 Å². The zero-order chi connectivity index (χ0) is 8.27. The summed E-state index contributed by atoms with van der Waals surface area (Å²) in [7, 11) is 0. The highest BCUT2D eigenvalue weighted by Gasteiger charge is 2.20. The Morgan fingerprint density at radius 2 is 2.45 bits per heavy atom. The lowest BCUT2D eigenvalue weighted by Crippen LogP contribution is -2.52. The molecule has 4 heteroatoms. The zero-order valence-electron chi connectivity index (χ0n) is 6.79. The summed E-state index contributed by atoms with van der Waals surface area (Å²) in [5.74, 6) is 0.239. The molecule has 1 rings (SSSR count). The van der Waals surface area contributed by atoms with Crippen molar-refractivity contribution >= 4 is 12.1 Å². The van der Waals surface area contributed by atoms with Gasteiger partial charge in [0.25, 0.3) is 0 Å². The molecule has 0 aromatic heterocycles. The van der Waals surface area contributed by atoms with Crippen LogP contribution >= 0.6 is 0 Å². The Hall–Kier alpha value is -0.900. The van der Waals surface area contributed by atoms with Crippen LogP contribution in [0, 0.1) is 5.92 Å². The van der Waals surface area contributed by atoms with Crippen LogP contribution in [0.2, 0.25) is 0 Å². The Bertz CT molecular complexity index is 177. The summed E-state index contributed by atoms with van der Waals surface area (Å²) >= 11 is 0. The molecule has 1 aliphatic rings. The van der Waals surface area contributed by atoms with Gasteiger partial charge in [-0.1, -0.05) is 13.8 Å². The van der Waals surface area contributed by atoms with Crippen molar-refractivity contribution in [3.05, 3.63) is 0 Å². The number of Topliss-reactive ketones (excluding diaryl/α,β-unsaturated/α-hetero) is 1. The minimum atomic E-state index is -0.243. The second-order valence-electron chi connectivity index (χ2n) is 2.83. The lowest BCUT2D eigenvalue weighted by molar-refractivity contribution is -0.124. The average molecular weight is 155 g/mol. The standard InChI is InChI=1S/C7H13N3O/c1-5(2)6(11)7-9-3-8-4-10-7/h3,5,7,10H,4H2,1-2H3,(H,8,9). The van der Waals surface area contributed by atoms with E-state index in [1.807, 2.05) is 13.8 Å². The number of ketones is 1. The third kappa shape index (κ3) is 2.01. The first kappa shape index (κ1) is 8.20. The van der Waals surface area contributed by atoms with E-state index in [-0.39, 0.29) is 17.9 Å². The molecule has 0 amide bonds. The van der Waals surface area contributed by atoms with Gasteiger partial charge >= 0.3 is 0 Å². The van der Waals surface area contributed by atoms with Crippen LogP contribution in [-0.2, 0) is 4.79 Å². The largest absolute Gasteiger partial charge is 0.355 e. The number of nitrogens with one attached hydrogen (secondary N) is 2. The normalized spacial score (nSPS) is 23.4. The fourth-order valence-electron chi connectivity index (χ4n) is 0.892. The summed E-state index contributed by atoms with van der Waals surface area (Å²) in [5.41, 5.74) is 0. The molecule has 0 aromatic carbocycles. The van der Waals surface area contributed by atoms with Crippen molar-refractivity contribution in [2.75, 3.05) is 6.67 Å². The number of carbonyl (C=O) groups is 1. The second kappa shape index (κ2) is 3.48. The Labute approximate surface area is 66.1 Å². The first-order valence-electron chi connectivity index (χ1n) is 3.73. The molecule has 11 heavy (non-hydrogen) atoms. The van der Waals surface area contributed by atoms with E-state index in [4.69, 9.17) is 0 Å². The van der Waals surface area contributed by atoms with Gasteiger partial charge in [-0.25, -0.2) is 0 Å². The molecule has 1 heterocycles. The maximum absolute atomic E-state index is 11.3. The van der Waals surface area contributed by atoms with Crippen molar-refractivity contribution < 1.29 is 4.79 Å². The molecule has 0 aromatic rings. The smallest absolute Gasteiger partial charge is 0.172 e. The number of carbonyl (C=O) groups excluding carboxylic acids is 1. The lowest BCUT2D eigenvalue weighted by Gasteiger charge is -2.21. The fraction of sp³-hybridized carbons (Fsp3) is 0.714. The van der Waals surface area contributed by atoms with Gasteiger partial charge in [-0.2, -0.15) is 0 Å². The molecule has 0 radical (unpaired) electrons. The summed E-state index contributed by atoms with van der Waals surface area (Å²) in [6.07, 6.45) is 1.33. The van der Waals surface area contributed by atoms with Crippen molar-refractivity contribution in [3.8, 4) is 0 Å². The summed E-state index contributed by atoms with van der Waals surface area (Å²) in [6, 6.07) is 0. The number of aliphatic imine (C=N–C) groups is 1. The minimum absolute atomic E-state index is 0.0616. The lowest BCUT2D eigenvalue weighted by atomic mass is 10.1. The van der Waals surface area contributed by atoms with Gasteiger partial charge in [0.15, 0.2) is 5.78 Å². The summed E-state index contributed by atoms with van der Waals surface area (Å²) in [5, 5.41) is 5.79. The van der Waals surface area contributed by atoms with Crippen molar-refractivity contribution in [3.63, 3.8) is 0 Å². The second-order valence-corrected chi connectivity index (χ2v) is 2.83. The Morgan fingerprint density at radius 3 is 2.91 bits per heavy atom. The van der Waals surface area contributed by atoms with Crippen LogP contribution in [0.3, 0.4) is 0 Å². The highest BCUT2D eigenvalue weighted by molar-refractivity contribution is 5.87. The van der Waals surface area contributed by atoms with Gasteiger partial charge in [0.1, 0.15) is 6.17 Å². The Balaban J connectivity index is 2.47. The molecule has 1 unspecified atom stereocenters. The number of hydrogen-bond donors (Lipinski definition) is 2. The van der Waals surface area contributed by atoms with Crippen molar-refractivity contribution in [1.29, 1.82) is 0 Å². The van der Waals surface area contributed by atoms with Crippen LogP contribution in [-0.4, -0.2) is 25.0 Å². The van der Waals surface area contributed by atoms with Crippen LogP contribution in [0.5, 0.6) is 0 Å². The molecule has 0 bridgehead atoms. The average Bonchev–Trinajstić information content (AvgIpc) is 2.05. The summed E-state index contributed by atoms with van der Waals surface area (Å²) in [6.45, 7) is 4.30. The van der Waals surface area contributed by atoms with Gasteiger partial charge in [0.05, 0.1) is 13.0 Å². The van der Waals surface area contributed by atoms with E-state index in [1.54, 1.807) is 6.34 Å². The van der Waals surface area contributed by atoms with Crippen molar-refractivity contribution in [2.45, 2.75) is 20.0 Å². The Morgan fingerprint density at radius 1 is 1.73 bits per heavy atom. The molecule has 1 aliphatic heterocycles. The number of nitrogens with zero attached hydrogens (tertiary/aromatic N) is 1. The van der Waals surface area contributed by atoms with Crippen LogP contribution in [0.15, 0.2) is 4.99 Å². The topological polar surface area (TPSA) is 53.5 Å². The van der Waals surface area contributed by atoms with Gasteiger partial charge in [-0.05, 0) is 0 Å². The third-order valence-electron chi connectivity index (χ3n) is 1.57. The quantitative estimate of drug-likeness (QED) is 0.576. The molecule has 0 aliphatic carbocycles. The monoisotopic (exact) mass is 155 g/mol. The first-order chi connectivity index (χ1) is 5.22. The van der Waals surface area contributed by atoms with Crippen molar-refractivity contribution in [2.24, 2.45) is 10.9 Å². The van der Waals surface area contributed by atoms with Gasteiger partial charge in [-0.3, -0.25) is 15.1 Å². The number of rotatable bonds is 2. The van der Waals surface area contributed by atoms with Crippen LogP contribution in [0.25, 0.3) is 0 Å². The number of hydrogen-bond acceptors (Lipinski definition) is 4. The minimum Gasteiger partial charge on any atom is -0.355 e. The van der Waals surface area contributed by atoms with Crippen LogP contribution < -0.4 is 10.6 Å². The van der Waals surface area contributed by atoms with E-state index in [2.05, 4.69) is 15.6 Å². The van der Waals surface area contributed by atoms with Gasteiger partial charge in [0.2, 0.25) is 0 Å². The molecule has 0 saturated heterocycles. The van der Waals surface area contributed by atoms with Crippen LogP contribution in [0.4, 0.5) is 0 Å². The van der Waals surface area contributed by atoms with Gasteiger partial charge in [0, 0.05) is 5.92 Å². The van der Waals surface area contributed by atoms with E-state index in [0.29, 0.717) is 6.67 Å². The summed E-state index contributed by atoms with van der Waals surface area (Å²) in [4.78, 5) is 15.2. The highest BCUT2D eigenvalue weighted by atomic mass is 16.1.